The molecule has 2 unspecified atom stereocenters. The van der Waals surface area contributed by atoms with Crippen molar-refractivity contribution in [3.8, 4) is 0 Å². The number of urea groups is 1. The minimum absolute atomic E-state index is 0.0634. The number of nitrogens with one attached hydrogen (secondary N) is 2. The first-order valence-corrected chi connectivity index (χ1v) is 9.21. The van der Waals surface area contributed by atoms with Gasteiger partial charge in [0.25, 0.3) is 0 Å². The highest BCUT2D eigenvalue weighted by atomic mass is 32.2. The van der Waals surface area contributed by atoms with Gasteiger partial charge in [0.1, 0.15) is 0 Å². The first-order chi connectivity index (χ1) is 10.1. The van der Waals surface area contributed by atoms with Gasteiger partial charge < -0.3 is 15.7 Å². The smallest absolute Gasteiger partial charge is 0.315 e. The van der Waals surface area contributed by atoms with Crippen molar-refractivity contribution in [1.29, 1.82) is 0 Å². The molecule has 1 aliphatic rings. The highest BCUT2D eigenvalue weighted by Crippen LogP contribution is 2.26. The highest BCUT2D eigenvalue weighted by Gasteiger charge is 2.25. The molecule has 0 saturated heterocycles. The summed E-state index contributed by atoms with van der Waals surface area (Å²) in [5, 5.41) is 15.0. The molecule has 1 fully saturated rings. The third kappa shape index (κ3) is 8.19. The molecule has 6 heteroatoms. The minimum atomic E-state index is -0.733. The Hall–Kier alpha value is -0.910. The summed E-state index contributed by atoms with van der Waals surface area (Å²) in [6.45, 7) is 0.662. The quantitative estimate of drug-likeness (QED) is 0.571. The number of carboxylic acid groups (broad SMARTS) is 1. The van der Waals surface area contributed by atoms with E-state index >= 15 is 0 Å². The normalized spacial score (nSPS) is 21.8. The van der Waals surface area contributed by atoms with E-state index in [1.165, 1.54) is 19.3 Å². The van der Waals surface area contributed by atoms with E-state index in [0.717, 1.165) is 32.1 Å². The van der Waals surface area contributed by atoms with Crippen LogP contribution in [0.5, 0.6) is 0 Å². The predicted molar refractivity (Wildman–Crippen MR) is 86.8 cm³/mol. The molecule has 0 aromatic rings. The Labute approximate surface area is 131 Å². The maximum atomic E-state index is 11.8. The Kier molecular flexibility index (Phi) is 9.30. The Morgan fingerprint density at radius 3 is 2.57 bits per heavy atom. The van der Waals surface area contributed by atoms with Crippen molar-refractivity contribution in [2.45, 2.75) is 69.1 Å². The van der Waals surface area contributed by atoms with Gasteiger partial charge in [-0.25, -0.2) is 4.79 Å². The average Bonchev–Trinajstić information content (AvgIpc) is 2.46. The zero-order chi connectivity index (χ0) is 15.5. The lowest BCUT2D eigenvalue weighted by atomic mass is 9.95. The second-order valence-corrected chi connectivity index (χ2v) is 6.70. The van der Waals surface area contributed by atoms with E-state index in [2.05, 4.69) is 16.9 Å². The van der Waals surface area contributed by atoms with Crippen LogP contribution in [0.3, 0.4) is 0 Å². The van der Waals surface area contributed by atoms with E-state index in [1.807, 2.05) is 11.8 Å². The molecule has 0 radical (unpaired) electrons. The van der Waals surface area contributed by atoms with Crippen molar-refractivity contribution in [2.24, 2.45) is 0 Å². The standard InChI is InChI=1S/C15H28N2O3S/c1-21-13-9-6-5-8-12(13)17-15(20)16-11-7-3-2-4-10-14(18)19/h12-13H,2-11H2,1H3,(H,18,19)(H2,16,17,20). The summed E-state index contributed by atoms with van der Waals surface area (Å²) in [5.41, 5.74) is 0. The summed E-state index contributed by atoms with van der Waals surface area (Å²) in [6.07, 6.45) is 10.6. The van der Waals surface area contributed by atoms with Gasteiger partial charge in [-0.2, -0.15) is 11.8 Å². The van der Waals surface area contributed by atoms with Gasteiger partial charge in [-0.05, 0) is 31.9 Å². The summed E-state index contributed by atoms with van der Waals surface area (Å²) < 4.78 is 0. The molecule has 0 spiro atoms. The second kappa shape index (κ2) is 10.8. The van der Waals surface area contributed by atoms with E-state index in [-0.39, 0.29) is 12.5 Å². The van der Waals surface area contributed by atoms with Gasteiger partial charge in [0, 0.05) is 24.3 Å². The van der Waals surface area contributed by atoms with Gasteiger partial charge in [0.05, 0.1) is 0 Å². The monoisotopic (exact) mass is 316 g/mol. The Balaban J connectivity index is 2.04. The third-order valence-electron chi connectivity index (χ3n) is 3.92. The summed E-state index contributed by atoms with van der Waals surface area (Å²) >= 11 is 1.85. The minimum Gasteiger partial charge on any atom is -0.481 e. The van der Waals surface area contributed by atoms with Crippen LogP contribution in [0.2, 0.25) is 0 Å². The van der Waals surface area contributed by atoms with Crippen molar-refractivity contribution in [2.75, 3.05) is 12.8 Å². The van der Waals surface area contributed by atoms with E-state index in [4.69, 9.17) is 5.11 Å². The topological polar surface area (TPSA) is 78.4 Å². The van der Waals surface area contributed by atoms with E-state index in [9.17, 15) is 9.59 Å². The van der Waals surface area contributed by atoms with Crippen LogP contribution in [0.15, 0.2) is 0 Å². The van der Waals surface area contributed by atoms with Crippen LogP contribution in [0.4, 0.5) is 4.79 Å². The number of unbranched alkanes of at least 4 members (excludes halogenated alkanes) is 3. The largest absolute Gasteiger partial charge is 0.481 e. The average molecular weight is 316 g/mol. The van der Waals surface area contributed by atoms with Crippen LogP contribution in [0.25, 0.3) is 0 Å². The fraction of sp³-hybridized carbons (Fsp3) is 0.867. The zero-order valence-corrected chi connectivity index (χ0v) is 13.7. The molecular formula is C15H28N2O3S. The molecule has 21 heavy (non-hydrogen) atoms. The van der Waals surface area contributed by atoms with Gasteiger partial charge in [-0.1, -0.05) is 25.7 Å². The molecule has 1 saturated carbocycles. The summed E-state index contributed by atoms with van der Waals surface area (Å²) in [7, 11) is 0. The number of amides is 2. The molecular weight excluding hydrogens is 288 g/mol. The summed E-state index contributed by atoms with van der Waals surface area (Å²) in [4.78, 5) is 22.2. The van der Waals surface area contributed by atoms with Gasteiger partial charge in [-0.15, -0.1) is 0 Å². The van der Waals surface area contributed by atoms with Gasteiger partial charge in [0.2, 0.25) is 0 Å². The number of hydrogen-bond acceptors (Lipinski definition) is 3. The molecule has 3 N–H and O–H groups in total. The maximum absolute atomic E-state index is 11.8. The van der Waals surface area contributed by atoms with Crippen LogP contribution in [0, 0.1) is 0 Å². The highest BCUT2D eigenvalue weighted by molar-refractivity contribution is 7.99. The summed E-state index contributed by atoms with van der Waals surface area (Å²) in [6, 6.07) is 0.232. The molecule has 5 nitrogen and oxygen atoms in total. The second-order valence-electron chi connectivity index (χ2n) is 5.62. The lowest BCUT2D eigenvalue weighted by Crippen LogP contribution is -2.48. The number of carbonyl (C=O) groups is 2. The Morgan fingerprint density at radius 2 is 1.86 bits per heavy atom. The molecule has 1 aliphatic carbocycles. The SMILES string of the molecule is CSC1CCCCC1NC(=O)NCCCCCCC(=O)O. The molecule has 2 atom stereocenters. The number of carbonyl (C=O) groups excluding carboxylic acids is 1. The van der Waals surface area contributed by atoms with Crippen molar-refractivity contribution in [3.63, 3.8) is 0 Å². The maximum Gasteiger partial charge on any atom is 0.315 e. The van der Waals surface area contributed by atoms with Crippen molar-refractivity contribution in [3.05, 3.63) is 0 Å². The van der Waals surface area contributed by atoms with E-state index < -0.39 is 5.97 Å². The predicted octanol–water partition coefficient (Wildman–Crippen LogP) is 2.99. The van der Waals surface area contributed by atoms with Crippen LogP contribution >= 0.6 is 11.8 Å². The van der Waals surface area contributed by atoms with Crippen molar-refractivity contribution < 1.29 is 14.7 Å². The first-order valence-electron chi connectivity index (χ1n) is 7.92. The van der Waals surface area contributed by atoms with E-state index in [1.54, 1.807) is 0 Å². The fourth-order valence-electron chi connectivity index (χ4n) is 2.72. The molecule has 0 heterocycles. The van der Waals surface area contributed by atoms with Crippen LogP contribution in [-0.2, 0) is 4.79 Å². The van der Waals surface area contributed by atoms with Gasteiger partial charge in [0.15, 0.2) is 0 Å². The lowest BCUT2D eigenvalue weighted by molar-refractivity contribution is -0.137. The zero-order valence-electron chi connectivity index (χ0n) is 12.9. The van der Waals surface area contributed by atoms with Gasteiger partial charge in [-0.3, -0.25) is 4.79 Å². The Morgan fingerprint density at radius 1 is 1.14 bits per heavy atom. The molecule has 2 amide bonds. The molecule has 1 rings (SSSR count). The Bertz CT molecular complexity index is 326. The molecule has 0 aliphatic heterocycles. The molecule has 0 bridgehead atoms. The third-order valence-corrected chi connectivity index (χ3v) is 5.09. The summed E-state index contributed by atoms with van der Waals surface area (Å²) in [5.74, 6) is -0.733. The van der Waals surface area contributed by atoms with Crippen molar-refractivity contribution >= 4 is 23.8 Å². The van der Waals surface area contributed by atoms with Crippen LogP contribution in [0.1, 0.15) is 57.8 Å². The van der Waals surface area contributed by atoms with E-state index in [0.29, 0.717) is 17.8 Å². The number of rotatable bonds is 9. The first kappa shape index (κ1) is 18.1. The van der Waals surface area contributed by atoms with Crippen molar-refractivity contribution in [1.82, 2.24) is 10.6 Å². The lowest BCUT2D eigenvalue weighted by Gasteiger charge is -2.30. The molecule has 0 aromatic heterocycles. The molecule has 0 aromatic carbocycles. The number of aliphatic carboxylic acids is 1. The fourth-order valence-corrected chi connectivity index (χ4v) is 3.66. The number of thioether (sulfide) groups is 1. The number of carboxylic acids is 1. The van der Waals surface area contributed by atoms with Crippen LogP contribution < -0.4 is 10.6 Å². The molecule has 122 valence electrons. The number of hydrogen-bond donors (Lipinski definition) is 3. The van der Waals surface area contributed by atoms with Gasteiger partial charge >= 0.3 is 12.0 Å². The van der Waals surface area contributed by atoms with Crippen LogP contribution in [-0.4, -0.2) is 41.2 Å².